The van der Waals surface area contributed by atoms with Crippen LogP contribution in [0.5, 0.6) is 11.5 Å². The maximum absolute atomic E-state index is 5.84. The summed E-state index contributed by atoms with van der Waals surface area (Å²) >= 11 is 0. The molecule has 18 heavy (non-hydrogen) atoms. The van der Waals surface area contributed by atoms with E-state index >= 15 is 0 Å². The van der Waals surface area contributed by atoms with E-state index in [1.54, 1.807) is 14.2 Å². The van der Waals surface area contributed by atoms with E-state index in [-0.39, 0.29) is 0 Å². The Bertz CT molecular complexity index is 564. The molecule has 3 nitrogen and oxygen atoms in total. The summed E-state index contributed by atoms with van der Waals surface area (Å²) in [7, 11) is 3.26. The van der Waals surface area contributed by atoms with Crippen LogP contribution in [0.3, 0.4) is 0 Å². The molecule has 2 rings (SSSR count). The van der Waals surface area contributed by atoms with Crippen LogP contribution in [0.1, 0.15) is 5.56 Å². The molecule has 0 aliphatic rings. The lowest BCUT2D eigenvalue weighted by molar-refractivity contribution is 0.355. The van der Waals surface area contributed by atoms with Crippen molar-refractivity contribution in [3.8, 4) is 22.6 Å². The van der Waals surface area contributed by atoms with Crippen LogP contribution in [0.2, 0.25) is 0 Å². The fourth-order valence-electron chi connectivity index (χ4n) is 1.95. The minimum Gasteiger partial charge on any atom is -0.493 e. The largest absolute Gasteiger partial charge is 0.493 e. The van der Waals surface area contributed by atoms with Crippen molar-refractivity contribution >= 4 is 5.69 Å². The summed E-state index contributed by atoms with van der Waals surface area (Å²) in [6.45, 7) is 2.06. The standard InChI is InChI=1S/C15H17NO2/c1-10-4-6-12(16)9-13(10)11-5-7-14(17-2)15(8-11)18-3/h4-9H,16H2,1-3H3. The third kappa shape index (κ3) is 2.25. The van der Waals surface area contributed by atoms with Crippen LogP contribution >= 0.6 is 0 Å². The van der Waals surface area contributed by atoms with E-state index in [9.17, 15) is 0 Å². The van der Waals surface area contributed by atoms with Crippen LogP contribution in [-0.4, -0.2) is 14.2 Å². The number of nitrogen functional groups attached to an aromatic ring is 1. The fraction of sp³-hybridized carbons (Fsp3) is 0.200. The highest BCUT2D eigenvalue weighted by Crippen LogP contribution is 2.34. The van der Waals surface area contributed by atoms with E-state index in [2.05, 4.69) is 6.92 Å². The van der Waals surface area contributed by atoms with Gasteiger partial charge < -0.3 is 15.2 Å². The summed E-state index contributed by atoms with van der Waals surface area (Å²) in [5.41, 5.74) is 9.94. The lowest BCUT2D eigenvalue weighted by atomic mass is 9.99. The molecule has 0 aliphatic heterocycles. The maximum atomic E-state index is 5.84. The number of ether oxygens (including phenoxy) is 2. The Labute approximate surface area is 107 Å². The molecule has 0 atom stereocenters. The molecule has 0 heterocycles. The number of hydrogen-bond donors (Lipinski definition) is 1. The molecule has 0 unspecified atom stereocenters. The van der Waals surface area contributed by atoms with Gasteiger partial charge in [-0.15, -0.1) is 0 Å². The Kier molecular flexibility index (Phi) is 3.42. The predicted molar refractivity (Wildman–Crippen MR) is 74.1 cm³/mol. The molecule has 3 heteroatoms. The Balaban J connectivity index is 2.54. The highest BCUT2D eigenvalue weighted by molar-refractivity contribution is 5.73. The van der Waals surface area contributed by atoms with E-state index in [4.69, 9.17) is 15.2 Å². The number of hydrogen-bond acceptors (Lipinski definition) is 3. The molecule has 0 aliphatic carbocycles. The van der Waals surface area contributed by atoms with Gasteiger partial charge in [-0.25, -0.2) is 0 Å². The lowest BCUT2D eigenvalue weighted by Gasteiger charge is -2.11. The number of rotatable bonds is 3. The summed E-state index contributed by atoms with van der Waals surface area (Å²) in [5.74, 6) is 1.44. The zero-order valence-corrected chi connectivity index (χ0v) is 10.9. The number of benzene rings is 2. The zero-order chi connectivity index (χ0) is 13.1. The van der Waals surface area contributed by atoms with Gasteiger partial charge in [-0.05, 0) is 47.9 Å². The third-order valence-corrected chi connectivity index (χ3v) is 2.96. The van der Waals surface area contributed by atoms with Crippen LogP contribution in [-0.2, 0) is 0 Å². The molecule has 0 radical (unpaired) electrons. The molecule has 0 aromatic heterocycles. The van der Waals surface area contributed by atoms with Crippen LogP contribution in [0, 0.1) is 6.92 Å². The Hall–Kier alpha value is -2.16. The molecule has 0 bridgehead atoms. The quantitative estimate of drug-likeness (QED) is 0.841. The van der Waals surface area contributed by atoms with Gasteiger partial charge >= 0.3 is 0 Å². The highest BCUT2D eigenvalue weighted by atomic mass is 16.5. The van der Waals surface area contributed by atoms with Gasteiger partial charge in [0.05, 0.1) is 14.2 Å². The summed E-state index contributed by atoms with van der Waals surface area (Å²) in [5, 5.41) is 0. The van der Waals surface area contributed by atoms with Gasteiger partial charge in [0.25, 0.3) is 0 Å². The van der Waals surface area contributed by atoms with E-state index in [0.29, 0.717) is 0 Å². The molecule has 0 fully saturated rings. The normalized spacial score (nSPS) is 10.2. The van der Waals surface area contributed by atoms with Gasteiger partial charge in [-0.2, -0.15) is 0 Å². The third-order valence-electron chi connectivity index (χ3n) is 2.96. The van der Waals surface area contributed by atoms with Gasteiger partial charge in [0.1, 0.15) is 0 Å². The number of anilines is 1. The molecule has 2 aromatic carbocycles. The molecule has 0 spiro atoms. The summed E-state index contributed by atoms with van der Waals surface area (Å²) in [4.78, 5) is 0. The average Bonchev–Trinajstić information content (AvgIpc) is 2.40. The number of nitrogens with two attached hydrogens (primary N) is 1. The predicted octanol–water partition coefficient (Wildman–Crippen LogP) is 3.26. The minimum atomic E-state index is 0.719. The van der Waals surface area contributed by atoms with Crippen molar-refractivity contribution in [2.45, 2.75) is 6.92 Å². The molecular formula is C15H17NO2. The molecule has 2 aromatic rings. The Morgan fingerprint density at radius 1 is 0.889 bits per heavy atom. The summed E-state index contributed by atoms with van der Waals surface area (Å²) in [6, 6.07) is 11.7. The van der Waals surface area contributed by atoms with Crippen LogP contribution in [0.25, 0.3) is 11.1 Å². The molecule has 2 N–H and O–H groups in total. The maximum Gasteiger partial charge on any atom is 0.161 e. The van der Waals surface area contributed by atoms with Gasteiger partial charge in [-0.1, -0.05) is 12.1 Å². The minimum absolute atomic E-state index is 0.719. The van der Waals surface area contributed by atoms with E-state index in [0.717, 1.165) is 28.3 Å². The Morgan fingerprint density at radius 2 is 1.61 bits per heavy atom. The van der Waals surface area contributed by atoms with E-state index < -0.39 is 0 Å². The van der Waals surface area contributed by atoms with Crippen molar-refractivity contribution in [3.63, 3.8) is 0 Å². The molecule has 0 saturated heterocycles. The fourth-order valence-corrected chi connectivity index (χ4v) is 1.95. The first-order valence-electron chi connectivity index (χ1n) is 5.74. The van der Waals surface area contributed by atoms with Gasteiger partial charge in [-0.3, -0.25) is 0 Å². The van der Waals surface area contributed by atoms with Gasteiger partial charge in [0.2, 0.25) is 0 Å². The second-order valence-corrected chi connectivity index (χ2v) is 4.14. The first kappa shape index (κ1) is 12.3. The van der Waals surface area contributed by atoms with Gasteiger partial charge in [0.15, 0.2) is 11.5 Å². The van der Waals surface area contributed by atoms with E-state index in [1.165, 1.54) is 5.56 Å². The first-order valence-corrected chi connectivity index (χ1v) is 5.74. The second kappa shape index (κ2) is 5.00. The van der Waals surface area contributed by atoms with E-state index in [1.807, 2.05) is 36.4 Å². The first-order chi connectivity index (χ1) is 8.65. The van der Waals surface area contributed by atoms with Gasteiger partial charge in [0, 0.05) is 5.69 Å². The molecule has 0 saturated carbocycles. The van der Waals surface area contributed by atoms with Crippen molar-refractivity contribution in [1.82, 2.24) is 0 Å². The van der Waals surface area contributed by atoms with Crippen molar-refractivity contribution in [2.75, 3.05) is 20.0 Å². The monoisotopic (exact) mass is 243 g/mol. The summed E-state index contributed by atoms with van der Waals surface area (Å²) < 4.78 is 10.5. The number of methoxy groups -OCH3 is 2. The topological polar surface area (TPSA) is 44.5 Å². The smallest absolute Gasteiger partial charge is 0.161 e. The lowest BCUT2D eigenvalue weighted by Crippen LogP contribution is -1.92. The van der Waals surface area contributed by atoms with Crippen molar-refractivity contribution in [2.24, 2.45) is 0 Å². The van der Waals surface area contributed by atoms with Crippen LogP contribution in [0.4, 0.5) is 5.69 Å². The average molecular weight is 243 g/mol. The zero-order valence-electron chi connectivity index (χ0n) is 10.9. The number of aryl methyl sites for hydroxylation is 1. The SMILES string of the molecule is COc1ccc(-c2cc(N)ccc2C)cc1OC. The summed E-state index contributed by atoms with van der Waals surface area (Å²) in [6.07, 6.45) is 0. The molecule has 0 amide bonds. The van der Waals surface area contributed by atoms with Crippen molar-refractivity contribution < 1.29 is 9.47 Å². The molecule has 94 valence electrons. The van der Waals surface area contributed by atoms with Crippen molar-refractivity contribution in [3.05, 3.63) is 42.0 Å². The molecular weight excluding hydrogens is 226 g/mol. The van der Waals surface area contributed by atoms with Crippen LogP contribution in [0.15, 0.2) is 36.4 Å². The van der Waals surface area contributed by atoms with Crippen molar-refractivity contribution in [1.29, 1.82) is 0 Å². The highest BCUT2D eigenvalue weighted by Gasteiger charge is 2.08. The Morgan fingerprint density at radius 3 is 2.28 bits per heavy atom. The van der Waals surface area contributed by atoms with Crippen LogP contribution < -0.4 is 15.2 Å². The second-order valence-electron chi connectivity index (χ2n) is 4.14.